The van der Waals surface area contributed by atoms with Crippen molar-refractivity contribution in [2.75, 3.05) is 40.5 Å². The zero-order valence-corrected chi connectivity index (χ0v) is 11.5. The lowest BCUT2D eigenvalue weighted by atomic mass is 10.1. The lowest BCUT2D eigenvalue weighted by Crippen LogP contribution is -2.42. The molecule has 1 atom stereocenters. The van der Waals surface area contributed by atoms with Gasteiger partial charge in [0.15, 0.2) is 0 Å². The van der Waals surface area contributed by atoms with E-state index in [4.69, 9.17) is 9.47 Å². The summed E-state index contributed by atoms with van der Waals surface area (Å²) in [4.78, 5) is 13.8. The van der Waals surface area contributed by atoms with Crippen LogP contribution in [0.2, 0.25) is 0 Å². The van der Waals surface area contributed by atoms with Gasteiger partial charge in [-0.25, -0.2) is 0 Å². The summed E-state index contributed by atoms with van der Waals surface area (Å²) >= 11 is 4.33. The predicted octanol–water partition coefficient (Wildman–Crippen LogP) is 1.06. The average molecular weight is 249 g/mol. The number of amides is 1. The third-order valence-corrected chi connectivity index (χ3v) is 3.14. The van der Waals surface area contributed by atoms with Crippen LogP contribution in [0.3, 0.4) is 0 Å². The lowest BCUT2D eigenvalue weighted by molar-refractivity contribution is -0.132. The van der Waals surface area contributed by atoms with Gasteiger partial charge >= 0.3 is 0 Å². The van der Waals surface area contributed by atoms with Gasteiger partial charge in [-0.05, 0) is 5.92 Å². The van der Waals surface area contributed by atoms with E-state index < -0.39 is 0 Å². The summed E-state index contributed by atoms with van der Waals surface area (Å²) in [6.07, 6.45) is 0. The first kappa shape index (κ1) is 15.7. The molecule has 0 aliphatic heterocycles. The van der Waals surface area contributed by atoms with E-state index in [-0.39, 0.29) is 17.1 Å². The molecule has 0 saturated carbocycles. The fourth-order valence-corrected chi connectivity index (χ4v) is 1.37. The smallest absolute Gasteiger partial charge is 0.235 e. The van der Waals surface area contributed by atoms with Crippen LogP contribution in [-0.4, -0.2) is 56.6 Å². The Bertz CT molecular complexity index is 192. The summed E-state index contributed by atoms with van der Waals surface area (Å²) in [5, 5.41) is -0.256. The molecule has 0 aliphatic carbocycles. The maximum absolute atomic E-state index is 12.0. The maximum atomic E-state index is 12.0. The number of rotatable bonds is 8. The van der Waals surface area contributed by atoms with Crippen LogP contribution in [0, 0.1) is 5.92 Å². The van der Waals surface area contributed by atoms with E-state index in [9.17, 15) is 4.79 Å². The number of hydrogen-bond acceptors (Lipinski definition) is 4. The quantitative estimate of drug-likeness (QED) is 0.654. The Morgan fingerprint density at radius 2 is 1.62 bits per heavy atom. The van der Waals surface area contributed by atoms with Crippen molar-refractivity contribution in [3.05, 3.63) is 0 Å². The molecule has 0 N–H and O–H groups in total. The van der Waals surface area contributed by atoms with Crippen LogP contribution in [0.15, 0.2) is 0 Å². The summed E-state index contributed by atoms with van der Waals surface area (Å²) < 4.78 is 9.97. The second kappa shape index (κ2) is 8.84. The Kier molecular flexibility index (Phi) is 8.70. The molecule has 0 bridgehead atoms. The monoisotopic (exact) mass is 249 g/mol. The molecule has 96 valence electrons. The van der Waals surface area contributed by atoms with Crippen LogP contribution in [0.5, 0.6) is 0 Å². The lowest BCUT2D eigenvalue weighted by Gasteiger charge is -2.26. The summed E-state index contributed by atoms with van der Waals surface area (Å²) in [5.74, 6) is 0.274. The number of carbonyl (C=O) groups is 1. The first-order valence-corrected chi connectivity index (χ1v) is 6.01. The Morgan fingerprint density at radius 3 is 1.94 bits per heavy atom. The molecule has 0 aromatic carbocycles. The summed E-state index contributed by atoms with van der Waals surface area (Å²) in [6, 6.07) is 0. The van der Waals surface area contributed by atoms with Crippen LogP contribution in [0.1, 0.15) is 13.8 Å². The van der Waals surface area contributed by atoms with E-state index in [2.05, 4.69) is 12.6 Å². The van der Waals surface area contributed by atoms with Gasteiger partial charge < -0.3 is 14.4 Å². The van der Waals surface area contributed by atoms with Crippen LogP contribution in [-0.2, 0) is 14.3 Å². The van der Waals surface area contributed by atoms with Gasteiger partial charge in [-0.3, -0.25) is 4.79 Å². The average Bonchev–Trinajstić information content (AvgIpc) is 2.27. The van der Waals surface area contributed by atoms with Crippen molar-refractivity contribution in [1.82, 2.24) is 4.90 Å². The first-order valence-electron chi connectivity index (χ1n) is 5.49. The highest BCUT2D eigenvalue weighted by molar-refractivity contribution is 7.81. The molecule has 0 saturated heterocycles. The normalized spacial score (nSPS) is 12.9. The molecular weight excluding hydrogens is 226 g/mol. The molecule has 0 radical (unpaired) electrons. The van der Waals surface area contributed by atoms with Crippen molar-refractivity contribution in [2.24, 2.45) is 5.92 Å². The third-order valence-electron chi connectivity index (χ3n) is 2.33. The molecule has 0 aromatic heterocycles. The molecular formula is C11H23NO3S. The number of methoxy groups -OCH3 is 2. The first-order chi connectivity index (χ1) is 7.54. The van der Waals surface area contributed by atoms with Crippen LogP contribution >= 0.6 is 12.6 Å². The van der Waals surface area contributed by atoms with E-state index in [0.717, 1.165) is 0 Å². The number of nitrogens with zero attached hydrogens (tertiary/aromatic N) is 1. The van der Waals surface area contributed by atoms with Crippen LogP contribution < -0.4 is 0 Å². The van der Waals surface area contributed by atoms with Gasteiger partial charge in [0, 0.05) is 27.3 Å². The summed E-state index contributed by atoms with van der Waals surface area (Å²) in [6.45, 7) is 6.22. The SMILES string of the molecule is COCCN(CCOC)C(=O)C(S)C(C)C. The third kappa shape index (κ3) is 5.72. The topological polar surface area (TPSA) is 38.8 Å². The summed E-state index contributed by atoms with van der Waals surface area (Å²) in [5.41, 5.74) is 0. The van der Waals surface area contributed by atoms with E-state index in [1.54, 1.807) is 19.1 Å². The second-order valence-corrected chi connectivity index (χ2v) is 4.56. The molecule has 0 rings (SSSR count). The summed E-state index contributed by atoms with van der Waals surface area (Å²) in [7, 11) is 3.25. The van der Waals surface area contributed by atoms with Crippen molar-refractivity contribution in [3.63, 3.8) is 0 Å². The number of ether oxygens (including phenoxy) is 2. The highest BCUT2D eigenvalue weighted by atomic mass is 32.1. The zero-order valence-electron chi connectivity index (χ0n) is 10.6. The molecule has 0 heterocycles. The van der Waals surface area contributed by atoms with E-state index in [0.29, 0.717) is 26.3 Å². The van der Waals surface area contributed by atoms with Crippen molar-refractivity contribution >= 4 is 18.5 Å². The molecule has 1 unspecified atom stereocenters. The minimum Gasteiger partial charge on any atom is -0.383 e. The highest BCUT2D eigenvalue weighted by Crippen LogP contribution is 2.12. The van der Waals surface area contributed by atoms with Crippen molar-refractivity contribution in [1.29, 1.82) is 0 Å². The zero-order chi connectivity index (χ0) is 12.6. The van der Waals surface area contributed by atoms with Gasteiger partial charge in [-0.2, -0.15) is 12.6 Å². The van der Waals surface area contributed by atoms with E-state index in [1.807, 2.05) is 13.8 Å². The van der Waals surface area contributed by atoms with Crippen LogP contribution in [0.25, 0.3) is 0 Å². The Labute approximate surface area is 104 Å². The number of carbonyl (C=O) groups excluding carboxylic acids is 1. The minimum atomic E-state index is -0.256. The molecule has 5 heteroatoms. The van der Waals surface area contributed by atoms with E-state index >= 15 is 0 Å². The number of thiol groups is 1. The second-order valence-electron chi connectivity index (χ2n) is 4.00. The highest BCUT2D eigenvalue weighted by Gasteiger charge is 2.23. The van der Waals surface area contributed by atoms with Crippen LogP contribution in [0.4, 0.5) is 0 Å². The molecule has 16 heavy (non-hydrogen) atoms. The molecule has 0 aromatic rings. The minimum absolute atomic E-state index is 0.0485. The fourth-order valence-electron chi connectivity index (χ4n) is 1.21. The Morgan fingerprint density at radius 1 is 1.19 bits per heavy atom. The van der Waals surface area contributed by atoms with E-state index in [1.165, 1.54) is 0 Å². The maximum Gasteiger partial charge on any atom is 0.235 e. The molecule has 0 aliphatic rings. The molecule has 1 amide bonds. The largest absolute Gasteiger partial charge is 0.383 e. The van der Waals surface area contributed by atoms with Gasteiger partial charge in [0.2, 0.25) is 5.91 Å². The predicted molar refractivity (Wildman–Crippen MR) is 67.9 cm³/mol. The van der Waals surface area contributed by atoms with Crippen molar-refractivity contribution in [3.8, 4) is 0 Å². The Hall–Kier alpha value is -0.260. The fraction of sp³-hybridized carbons (Fsp3) is 0.909. The molecule has 0 fully saturated rings. The van der Waals surface area contributed by atoms with Gasteiger partial charge in [0.05, 0.1) is 18.5 Å². The molecule has 0 spiro atoms. The Balaban J connectivity index is 4.29. The van der Waals surface area contributed by atoms with Gasteiger partial charge in [-0.1, -0.05) is 13.8 Å². The standard InChI is InChI=1S/C11H23NO3S/c1-9(2)10(16)11(13)12(5-7-14-3)6-8-15-4/h9-10,16H,5-8H2,1-4H3. The van der Waals surface area contributed by atoms with Gasteiger partial charge in [-0.15, -0.1) is 0 Å². The van der Waals surface area contributed by atoms with Crippen molar-refractivity contribution < 1.29 is 14.3 Å². The van der Waals surface area contributed by atoms with Gasteiger partial charge in [0.1, 0.15) is 0 Å². The molecule has 4 nitrogen and oxygen atoms in total. The van der Waals surface area contributed by atoms with Gasteiger partial charge in [0.25, 0.3) is 0 Å². The number of hydrogen-bond donors (Lipinski definition) is 1. The van der Waals surface area contributed by atoms with Crippen molar-refractivity contribution in [2.45, 2.75) is 19.1 Å².